The number of rotatable bonds is 22. The summed E-state index contributed by atoms with van der Waals surface area (Å²) in [5.74, 6) is -1.07. The molecule has 0 amide bonds. The van der Waals surface area contributed by atoms with E-state index in [4.69, 9.17) is 9.16 Å². The van der Waals surface area contributed by atoms with Crippen LogP contribution >= 0.6 is 0 Å². The molecule has 0 spiro atoms. The second-order valence-electron chi connectivity index (χ2n) is 27.4. The molecule has 0 radical (unpaired) electrons. The number of ether oxygens (including phenoxy) is 1. The van der Waals surface area contributed by atoms with Crippen LogP contribution in [0.1, 0.15) is 202 Å². The lowest BCUT2D eigenvalue weighted by Gasteiger charge is -2.43. The third kappa shape index (κ3) is 16.6. The van der Waals surface area contributed by atoms with Gasteiger partial charge in [0.1, 0.15) is 6.61 Å². The molecule has 6 aromatic rings. The van der Waals surface area contributed by atoms with E-state index < -0.39 is 14.3 Å². The fraction of sp³-hybridized carbons (Fsp3) is 0.493. The Labute approximate surface area is 498 Å². The zero-order valence-corrected chi connectivity index (χ0v) is 55.3. The van der Waals surface area contributed by atoms with Crippen molar-refractivity contribution in [2.45, 2.75) is 230 Å². The number of carboxylic acids is 1. The number of aliphatic carboxylic acids is 1. The van der Waals surface area contributed by atoms with Gasteiger partial charge in [0, 0.05) is 17.8 Å². The molecule has 444 valence electrons. The van der Waals surface area contributed by atoms with Crippen molar-refractivity contribution in [1.29, 1.82) is 0 Å². The number of carbonyl (C=O) groups is 2. The normalized spacial score (nSPS) is 13.3. The fourth-order valence-electron chi connectivity index (χ4n) is 11.8. The van der Waals surface area contributed by atoms with Crippen molar-refractivity contribution in [2.24, 2.45) is 10.8 Å². The Bertz CT molecular complexity index is 3090. The lowest BCUT2D eigenvalue weighted by Crippen LogP contribution is -2.47. The quantitative estimate of drug-likeness (QED) is 0.0520. The molecule has 2 N–H and O–H groups in total. The van der Waals surface area contributed by atoms with Gasteiger partial charge in [0.25, 0.3) is 0 Å². The maximum atomic E-state index is 11.3. The predicted molar refractivity (Wildman–Crippen MR) is 349 cm³/mol. The van der Waals surface area contributed by atoms with Crippen molar-refractivity contribution in [1.82, 2.24) is 0 Å². The highest BCUT2D eigenvalue weighted by molar-refractivity contribution is 6.74. The minimum atomic E-state index is -1.87. The van der Waals surface area contributed by atoms with Crippen LogP contribution in [-0.2, 0) is 55.5 Å². The van der Waals surface area contributed by atoms with Gasteiger partial charge in [-0.15, -0.1) is 0 Å². The van der Waals surface area contributed by atoms with E-state index in [1.807, 2.05) is 30.3 Å². The van der Waals surface area contributed by atoms with Gasteiger partial charge in [-0.05, 0) is 203 Å². The second-order valence-corrected chi connectivity index (χ2v) is 32.1. The molecule has 0 bridgehead atoms. The molecular formula is C75H104O6Si. The summed E-state index contributed by atoms with van der Waals surface area (Å²) in [6.45, 7) is 44.7. The number of carbonyl (C=O) groups excluding carboxylic acids is 1. The summed E-state index contributed by atoms with van der Waals surface area (Å²) in [4.78, 5) is 22.5. The number of hydrogen-bond donors (Lipinski definition) is 2. The molecule has 0 aliphatic heterocycles. The van der Waals surface area contributed by atoms with E-state index >= 15 is 0 Å². The van der Waals surface area contributed by atoms with Crippen LogP contribution in [0.5, 0.6) is 0 Å². The van der Waals surface area contributed by atoms with Crippen molar-refractivity contribution < 1.29 is 29.0 Å². The summed E-state index contributed by atoms with van der Waals surface area (Å²) >= 11 is 0. The van der Waals surface area contributed by atoms with Gasteiger partial charge >= 0.3 is 11.9 Å². The number of aliphatic hydroxyl groups is 1. The molecule has 6 aromatic carbocycles. The number of benzene rings is 6. The third-order valence-electron chi connectivity index (χ3n) is 18.6. The smallest absolute Gasteiger partial charge is 0.307 e. The number of hydrogen-bond acceptors (Lipinski definition) is 5. The highest BCUT2D eigenvalue weighted by Gasteiger charge is 2.42. The van der Waals surface area contributed by atoms with Crippen LogP contribution in [0.4, 0.5) is 0 Å². The van der Waals surface area contributed by atoms with E-state index in [1.165, 1.54) is 68.1 Å². The summed E-state index contributed by atoms with van der Waals surface area (Å²) in [5.41, 5.74) is 19.5. The van der Waals surface area contributed by atoms with Crippen LogP contribution in [-0.4, -0.2) is 42.7 Å². The first-order chi connectivity index (χ1) is 38.2. The average molecular weight is 1130 g/mol. The molecule has 0 saturated heterocycles. The van der Waals surface area contributed by atoms with Crippen LogP contribution in [0.2, 0.25) is 18.1 Å². The maximum absolute atomic E-state index is 11.3. The van der Waals surface area contributed by atoms with Crippen molar-refractivity contribution in [3.63, 3.8) is 0 Å². The van der Waals surface area contributed by atoms with Gasteiger partial charge < -0.3 is 19.4 Å². The monoisotopic (exact) mass is 1130 g/mol. The van der Waals surface area contributed by atoms with E-state index in [1.54, 1.807) is 0 Å². The van der Waals surface area contributed by atoms with Crippen LogP contribution in [0, 0.1) is 38.5 Å². The van der Waals surface area contributed by atoms with Gasteiger partial charge in [0.15, 0.2) is 8.32 Å². The van der Waals surface area contributed by atoms with Crippen LogP contribution in [0.3, 0.4) is 0 Å². The Morgan fingerprint density at radius 1 is 0.524 bits per heavy atom. The lowest BCUT2D eigenvalue weighted by molar-refractivity contribution is -0.142. The number of esters is 1. The van der Waals surface area contributed by atoms with Gasteiger partial charge in [0.2, 0.25) is 0 Å². The Balaban J connectivity index is 0.000000306. The van der Waals surface area contributed by atoms with Crippen LogP contribution in [0.15, 0.2) is 121 Å². The minimum Gasteiger partial charge on any atom is -0.481 e. The SMILES string of the molecule is CCC(CC)(c1ccc(CCC(O)C(C)(C)C)c(C)c1)c1ccc(-c2cccc(CC(=O)O)c2)c(C)c1.CCC(CC)(c1ccc(CCC(O[Si](C)(C)C(C)(C)C)C(C)(C)C)c(C)c1)c1ccc(-c2cccc(COC(C)=O)c2)c(C)c1. The van der Waals surface area contributed by atoms with Gasteiger partial charge in [0.05, 0.1) is 18.6 Å². The Hall–Kier alpha value is -5.60. The van der Waals surface area contributed by atoms with Gasteiger partial charge in [-0.25, -0.2) is 0 Å². The summed E-state index contributed by atoms with van der Waals surface area (Å²) in [6, 6.07) is 44.0. The summed E-state index contributed by atoms with van der Waals surface area (Å²) in [7, 11) is -1.87. The van der Waals surface area contributed by atoms with Crippen LogP contribution < -0.4 is 0 Å². The number of aryl methyl sites for hydroxylation is 6. The number of aliphatic hydroxyl groups excluding tert-OH is 1. The van der Waals surface area contributed by atoms with E-state index in [9.17, 15) is 19.8 Å². The molecule has 0 aliphatic carbocycles. The average Bonchev–Trinajstić information content (AvgIpc) is 3.58. The number of carboxylic acid groups (broad SMARTS) is 1. The molecule has 2 atom stereocenters. The highest BCUT2D eigenvalue weighted by Crippen LogP contribution is 2.45. The van der Waals surface area contributed by atoms with Crippen molar-refractivity contribution >= 4 is 20.3 Å². The molecule has 0 aliphatic rings. The van der Waals surface area contributed by atoms with E-state index in [-0.39, 0.29) is 51.3 Å². The van der Waals surface area contributed by atoms with E-state index in [0.29, 0.717) is 6.61 Å². The zero-order valence-electron chi connectivity index (χ0n) is 54.3. The maximum Gasteiger partial charge on any atom is 0.307 e. The first-order valence-electron chi connectivity index (χ1n) is 30.6. The topological polar surface area (TPSA) is 93.1 Å². The summed E-state index contributed by atoms with van der Waals surface area (Å²) < 4.78 is 12.2. The lowest BCUT2D eigenvalue weighted by atomic mass is 9.69. The van der Waals surface area contributed by atoms with Crippen molar-refractivity contribution in [3.05, 3.63) is 188 Å². The van der Waals surface area contributed by atoms with Gasteiger partial charge in [-0.2, -0.15) is 0 Å². The first kappa shape index (κ1) is 67.2. The van der Waals surface area contributed by atoms with Gasteiger partial charge in [-0.1, -0.05) is 205 Å². The minimum absolute atomic E-state index is 0.0320. The second kappa shape index (κ2) is 27.9. The Morgan fingerprint density at radius 2 is 0.927 bits per heavy atom. The largest absolute Gasteiger partial charge is 0.481 e. The Morgan fingerprint density at radius 3 is 1.29 bits per heavy atom. The third-order valence-corrected chi connectivity index (χ3v) is 23.1. The molecule has 6 nitrogen and oxygen atoms in total. The predicted octanol–water partition coefficient (Wildman–Crippen LogP) is 19.6. The summed E-state index contributed by atoms with van der Waals surface area (Å²) in [6.07, 6.45) is 7.71. The molecule has 0 saturated carbocycles. The Kier molecular flexibility index (Phi) is 22.8. The van der Waals surface area contributed by atoms with E-state index in [2.05, 4.69) is 222 Å². The molecule has 0 heterocycles. The molecule has 0 fully saturated rings. The fourth-order valence-corrected chi connectivity index (χ4v) is 13.4. The first-order valence-corrected chi connectivity index (χ1v) is 33.5. The highest BCUT2D eigenvalue weighted by atomic mass is 28.4. The molecule has 2 unspecified atom stereocenters. The molecule has 82 heavy (non-hydrogen) atoms. The molecule has 0 aromatic heterocycles. The van der Waals surface area contributed by atoms with Gasteiger partial charge in [-0.3, -0.25) is 9.59 Å². The molecular weight excluding hydrogens is 1020 g/mol. The van der Waals surface area contributed by atoms with Crippen molar-refractivity contribution in [3.8, 4) is 22.3 Å². The van der Waals surface area contributed by atoms with Crippen LogP contribution in [0.25, 0.3) is 22.3 Å². The molecule has 6 rings (SSSR count). The standard InChI is InChI=1S/C41H60O3Si.C34H44O3/c1-14-41(15-2,36-22-23-37(30(4)26-36)34-18-16-17-32(27-34)28-43-31(5)42)35-21-19-33(29(3)25-35)20-24-38(39(6,7)8)44-45(12,13)40(9,10)11;1-8-34(9-2,28-15-13-26(23(3)19-28)14-18-31(35)33(5,6)7)29-16-17-30(24(4)20-29)27-12-10-11-25(21-27)22-32(36)37/h16-19,21-23,25-27,38H,14-15,20,24,28H2,1-13H3;10-13,15-17,19-21,31,35H,8-9,14,18,22H2,1-7H3,(H,36,37). The van der Waals surface area contributed by atoms with E-state index in [0.717, 1.165) is 79.2 Å². The molecule has 7 heteroatoms. The summed E-state index contributed by atoms with van der Waals surface area (Å²) in [5, 5.41) is 19.9. The zero-order chi connectivity index (χ0) is 61.2. The van der Waals surface area contributed by atoms with Crippen molar-refractivity contribution in [2.75, 3.05) is 0 Å².